The van der Waals surface area contributed by atoms with Gasteiger partial charge in [0.25, 0.3) is 0 Å². The molecule has 0 fully saturated rings. The monoisotopic (exact) mass is 446 g/mol. The molecule has 0 aliphatic rings. The van der Waals surface area contributed by atoms with Crippen LogP contribution in [0.4, 0.5) is 0 Å². The molecule has 0 unspecified atom stereocenters. The van der Waals surface area contributed by atoms with Gasteiger partial charge < -0.3 is 18.9 Å². The van der Waals surface area contributed by atoms with Gasteiger partial charge in [0, 0.05) is 0 Å². The van der Waals surface area contributed by atoms with E-state index in [9.17, 15) is 0 Å². The van der Waals surface area contributed by atoms with Crippen LogP contribution in [0.15, 0.2) is 0 Å². The third-order valence-electron chi connectivity index (χ3n) is 3.29. The quantitative estimate of drug-likeness (QED) is 0.176. The first kappa shape index (κ1) is 26.3. The van der Waals surface area contributed by atoms with Crippen molar-refractivity contribution in [3.63, 3.8) is 0 Å². The second-order valence-corrected chi connectivity index (χ2v) is 14.3. The molecule has 0 aromatic heterocycles. The first-order chi connectivity index (χ1) is 12.1. The molecular weight excluding hydrogens is 409 g/mol. The van der Waals surface area contributed by atoms with Crippen molar-refractivity contribution in [1.82, 2.24) is 0 Å². The lowest BCUT2D eigenvalue weighted by atomic mass is 10.5. The molecule has 25 heavy (non-hydrogen) atoms. The van der Waals surface area contributed by atoms with Gasteiger partial charge >= 0.3 is 0 Å². The lowest BCUT2D eigenvalue weighted by Crippen LogP contribution is -2.39. The molecule has 0 spiro atoms. The Hall–Kier alpha value is 1.32. The fraction of sp³-hybridized carbons (Fsp3) is 1.00. The van der Waals surface area contributed by atoms with Crippen molar-refractivity contribution < 1.29 is 18.9 Å². The Bertz CT molecular complexity index is 271. The highest BCUT2D eigenvalue weighted by Crippen LogP contribution is 2.50. The molecule has 0 saturated carbocycles. The molecular formula is C16H38O4S3Si2. The average molecular weight is 447 g/mol. The molecule has 0 bridgehead atoms. The molecule has 0 aliphatic heterocycles. The Morgan fingerprint density at radius 2 is 0.880 bits per heavy atom. The van der Waals surface area contributed by atoms with E-state index in [1.54, 1.807) is 31.4 Å². The summed E-state index contributed by atoms with van der Waals surface area (Å²) in [6.07, 6.45) is 4.04. The fourth-order valence-electron chi connectivity index (χ4n) is 1.86. The maximum Gasteiger partial charge on any atom is 0.200 e. The Morgan fingerprint density at radius 3 is 1.08 bits per heavy atom. The summed E-state index contributed by atoms with van der Waals surface area (Å²) in [6, 6.07) is 0. The predicted molar refractivity (Wildman–Crippen MR) is 122 cm³/mol. The Kier molecular flexibility index (Phi) is 17.2. The molecule has 0 heterocycles. The maximum absolute atomic E-state index is 6.14. The van der Waals surface area contributed by atoms with E-state index in [1.807, 2.05) is 0 Å². The topological polar surface area (TPSA) is 36.9 Å². The second kappa shape index (κ2) is 16.3. The summed E-state index contributed by atoms with van der Waals surface area (Å²) in [5, 5.41) is 0. The van der Waals surface area contributed by atoms with Crippen molar-refractivity contribution in [3.05, 3.63) is 0 Å². The van der Waals surface area contributed by atoms with Gasteiger partial charge in [0.15, 0.2) is 0 Å². The third-order valence-corrected chi connectivity index (χ3v) is 14.0. The van der Waals surface area contributed by atoms with Crippen molar-refractivity contribution in [2.24, 2.45) is 0 Å². The van der Waals surface area contributed by atoms with Gasteiger partial charge in [-0.15, -0.1) is 0 Å². The second-order valence-electron chi connectivity index (χ2n) is 5.70. The summed E-state index contributed by atoms with van der Waals surface area (Å²) < 4.78 is 23.7. The van der Waals surface area contributed by atoms with Gasteiger partial charge in [-0.2, -0.15) is 0 Å². The van der Waals surface area contributed by atoms with E-state index >= 15 is 0 Å². The highest BCUT2D eigenvalue weighted by Gasteiger charge is 2.36. The molecule has 0 atom stereocenters. The Morgan fingerprint density at radius 1 is 0.600 bits per heavy atom. The predicted octanol–water partition coefficient (Wildman–Crippen LogP) is 4.38. The van der Waals surface area contributed by atoms with Crippen LogP contribution < -0.4 is 0 Å². The largest absolute Gasteiger partial charge is 0.345 e. The van der Waals surface area contributed by atoms with Crippen molar-refractivity contribution in [2.45, 2.75) is 76.0 Å². The first-order valence-electron chi connectivity index (χ1n) is 9.66. The van der Waals surface area contributed by atoms with Crippen LogP contribution in [-0.2, 0) is 18.9 Å². The minimum Gasteiger partial charge on any atom is -0.345 e. The van der Waals surface area contributed by atoms with Gasteiger partial charge in [0.05, 0.1) is 26.4 Å². The minimum absolute atomic E-state index is 0.444. The summed E-state index contributed by atoms with van der Waals surface area (Å²) in [6.45, 7) is 16.0. The molecule has 152 valence electrons. The highest BCUT2D eigenvalue weighted by molar-refractivity contribution is 9.10. The van der Waals surface area contributed by atoms with Crippen LogP contribution >= 0.6 is 31.4 Å². The van der Waals surface area contributed by atoms with Crippen LogP contribution in [0.5, 0.6) is 0 Å². The lowest BCUT2D eigenvalue weighted by Gasteiger charge is -2.34. The van der Waals surface area contributed by atoms with Crippen molar-refractivity contribution in [2.75, 3.05) is 26.4 Å². The summed E-state index contributed by atoms with van der Waals surface area (Å²) in [7, 11) is 4.14. The van der Waals surface area contributed by atoms with E-state index in [0.717, 1.165) is 52.1 Å². The zero-order valence-corrected chi connectivity index (χ0v) is 22.2. The Balaban J connectivity index is 4.82. The van der Waals surface area contributed by atoms with Crippen molar-refractivity contribution >= 4 is 50.5 Å². The molecule has 0 amide bonds. The zero-order valence-electron chi connectivity index (χ0n) is 16.9. The van der Waals surface area contributed by atoms with Gasteiger partial charge in [0.2, 0.25) is 9.48 Å². The first-order valence-corrected chi connectivity index (χ1v) is 17.4. The number of hydrogen-bond donors (Lipinski definition) is 0. The standard InChI is InChI=1S/C16H38O4S3Si2/c1-7-11-17-15(24-5,18-12-8-2)21-23-22-16(25-6,19-13-9-3)20-14-10-4/h7-14,24-25H2,1-6H3. The van der Waals surface area contributed by atoms with Crippen LogP contribution in [0.25, 0.3) is 0 Å². The maximum atomic E-state index is 6.14. The number of hydrogen-bond acceptors (Lipinski definition) is 7. The van der Waals surface area contributed by atoms with Gasteiger partial charge in [0.1, 0.15) is 19.0 Å². The van der Waals surface area contributed by atoms with Gasteiger partial charge in [-0.25, -0.2) is 0 Å². The van der Waals surface area contributed by atoms with Crippen LogP contribution in [0.1, 0.15) is 53.4 Å². The molecule has 0 saturated heterocycles. The van der Waals surface area contributed by atoms with Gasteiger partial charge in [-0.3, -0.25) is 0 Å². The van der Waals surface area contributed by atoms with Crippen LogP contribution in [0, 0.1) is 0 Å². The number of rotatable bonds is 18. The summed E-state index contributed by atoms with van der Waals surface area (Å²) in [5.74, 6) is 0. The van der Waals surface area contributed by atoms with E-state index in [2.05, 4.69) is 40.8 Å². The smallest absolute Gasteiger partial charge is 0.200 e. The molecule has 0 rings (SSSR count). The van der Waals surface area contributed by atoms with Crippen molar-refractivity contribution in [1.29, 1.82) is 0 Å². The van der Waals surface area contributed by atoms with Gasteiger partial charge in [-0.05, 0) is 57.1 Å². The summed E-state index contributed by atoms with van der Waals surface area (Å²) >= 11 is 0. The van der Waals surface area contributed by atoms with Crippen LogP contribution in [0.3, 0.4) is 0 Å². The van der Waals surface area contributed by atoms with E-state index < -0.39 is 28.5 Å². The molecule has 0 radical (unpaired) electrons. The minimum atomic E-state index is -0.508. The molecule has 9 heteroatoms. The summed E-state index contributed by atoms with van der Waals surface area (Å²) in [4.78, 5) is 0. The molecule has 0 aromatic rings. The SMILES string of the molecule is CCCOC(OCCC)([SiH2]C)SSSC(OCCC)(OCCC)[SiH2]C. The lowest BCUT2D eigenvalue weighted by molar-refractivity contribution is -0.116. The average Bonchev–Trinajstić information content (AvgIpc) is 2.65. The highest BCUT2D eigenvalue weighted by atomic mass is 33.5. The van der Waals surface area contributed by atoms with E-state index in [-0.39, 0.29) is 0 Å². The van der Waals surface area contributed by atoms with Crippen LogP contribution in [-0.4, -0.2) is 55.0 Å². The van der Waals surface area contributed by atoms with Gasteiger partial charge in [-0.1, -0.05) is 40.8 Å². The third kappa shape index (κ3) is 11.0. The summed E-state index contributed by atoms with van der Waals surface area (Å²) in [5.41, 5.74) is 0. The van der Waals surface area contributed by atoms with Crippen LogP contribution in [0.2, 0.25) is 13.1 Å². The van der Waals surface area contributed by atoms with Crippen molar-refractivity contribution in [3.8, 4) is 0 Å². The Labute approximate surface area is 171 Å². The van der Waals surface area contributed by atoms with E-state index in [4.69, 9.17) is 18.9 Å². The fourth-order valence-corrected chi connectivity index (χ4v) is 13.2. The molecule has 0 N–H and O–H groups in total. The van der Waals surface area contributed by atoms with E-state index in [1.165, 1.54) is 0 Å². The molecule has 0 aromatic carbocycles. The molecule has 4 nitrogen and oxygen atoms in total. The zero-order chi connectivity index (χ0) is 19.0. The van der Waals surface area contributed by atoms with E-state index in [0.29, 0.717) is 0 Å². The number of ether oxygens (including phenoxy) is 4. The molecule has 0 aliphatic carbocycles. The normalized spacial score (nSPS) is 13.7.